The predicted octanol–water partition coefficient (Wildman–Crippen LogP) is 0.858. The molecule has 0 heterocycles. The Labute approximate surface area is 67.1 Å². The molecule has 0 atom stereocenters. The largest absolute Gasteiger partial charge is 0.277 e. The van der Waals surface area contributed by atoms with Crippen molar-refractivity contribution in [2.24, 2.45) is 0 Å². The molecule has 0 aromatic carbocycles. The van der Waals surface area contributed by atoms with Crippen LogP contribution in [-0.2, 0) is 9.63 Å². The monoisotopic (exact) mass is 155 g/mol. The maximum atomic E-state index is 10.7. The lowest BCUT2D eigenvalue weighted by atomic mass is 10.2. The normalized spacial score (nSPS) is 8.73. The van der Waals surface area contributed by atoms with Gasteiger partial charge in [-0.2, -0.15) is 0 Å². The number of carbonyl (C=O) groups is 1. The molecule has 0 aliphatic rings. The van der Waals surface area contributed by atoms with E-state index in [1.54, 1.807) is 0 Å². The van der Waals surface area contributed by atoms with E-state index in [4.69, 9.17) is 6.42 Å². The minimum atomic E-state index is -0.0930. The Hall–Kier alpha value is -1.01. The van der Waals surface area contributed by atoms with E-state index in [1.807, 2.05) is 0 Å². The molecule has 11 heavy (non-hydrogen) atoms. The Morgan fingerprint density at radius 3 is 2.91 bits per heavy atom. The summed E-state index contributed by atoms with van der Waals surface area (Å²) in [5.41, 5.74) is 2.23. The van der Waals surface area contributed by atoms with Crippen molar-refractivity contribution in [3.05, 3.63) is 0 Å². The van der Waals surface area contributed by atoms with Crippen molar-refractivity contribution in [1.29, 1.82) is 0 Å². The van der Waals surface area contributed by atoms with Gasteiger partial charge in [-0.1, -0.05) is 0 Å². The summed E-state index contributed by atoms with van der Waals surface area (Å²) in [6.07, 6.45) is 7.96. The molecule has 62 valence electrons. The fourth-order valence-electron chi connectivity index (χ4n) is 0.677. The average Bonchev–Trinajstić information content (AvgIpc) is 1.99. The third-order valence-corrected chi connectivity index (χ3v) is 1.19. The van der Waals surface area contributed by atoms with Crippen LogP contribution in [0.5, 0.6) is 0 Å². The van der Waals surface area contributed by atoms with Crippen molar-refractivity contribution >= 4 is 5.91 Å². The molecule has 0 spiro atoms. The molecule has 0 unspecified atom stereocenters. The van der Waals surface area contributed by atoms with Crippen LogP contribution in [0, 0.1) is 12.3 Å². The number of amides is 1. The highest BCUT2D eigenvalue weighted by Gasteiger charge is 1.97. The lowest BCUT2D eigenvalue weighted by Gasteiger charge is -1.99. The van der Waals surface area contributed by atoms with Gasteiger partial charge in [-0.25, -0.2) is 5.48 Å². The van der Waals surface area contributed by atoms with Crippen LogP contribution in [0.15, 0.2) is 0 Å². The van der Waals surface area contributed by atoms with Crippen molar-refractivity contribution in [2.45, 2.75) is 25.7 Å². The first kappa shape index (κ1) is 9.99. The molecule has 0 aliphatic heterocycles. The summed E-state index contributed by atoms with van der Waals surface area (Å²) in [5, 5.41) is 0. The van der Waals surface area contributed by atoms with E-state index in [0.717, 1.165) is 19.3 Å². The Morgan fingerprint density at radius 1 is 1.64 bits per heavy atom. The van der Waals surface area contributed by atoms with Crippen LogP contribution in [0.2, 0.25) is 0 Å². The zero-order valence-corrected chi connectivity index (χ0v) is 6.72. The topological polar surface area (TPSA) is 38.3 Å². The molecule has 0 aromatic rings. The fraction of sp³-hybridized carbons (Fsp3) is 0.625. The van der Waals surface area contributed by atoms with Crippen molar-refractivity contribution in [3.63, 3.8) is 0 Å². The van der Waals surface area contributed by atoms with Crippen LogP contribution < -0.4 is 5.48 Å². The second-order valence-electron chi connectivity index (χ2n) is 2.14. The van der Waals surface area contributed by atoms with Gasteiger partial charge >= 0.3 is 0 Å². The lowest BCUT2D eigenvalue weighted by Crippen LogP contribution is -2.21. The molecular weight excluding hydrogens is 142 g/mol. The minimum absolute atomic E-state index is 0.0930. The fourth-order valence-corrected chi connectivity index (χ4v) is 0.677. The van der Waals surface area contributed by atoms with Gasteiger partial charge in [0.15, 0.2) is 0 Å². The molecule has 1 N–H and O–H groups in total. The molecule has 0 fully saturated rings. The summed E-state index contributed by atoms with van der Waals surface area (Å²) < 4.78 is 0. The van der Waals surface area contributed by atoms with Gasteiger partial charge in [0, 0.05) is 12.8 Å². The number of carbonyl (C=O) groups excluding carboxylic acids is 1. The Balaban J connectivity index is 3.12. The van der Waals surface area contributed by atoms with Crippen LogP contribution >= 0.6 is 0 Å². The van der Waals surface area contributed by atoms with Gasteiger partial charge in [-0.05, 0) is 12.8 Å². The molecule has 0 radical (unpaired) electrons. The van der Waals surface area contributed by atoms with E-state index >= 15 is 0 Å². The number of nitrogens with one attached hydrogen (secondary N) is 1. The van der Waals surface area contributed by atoms with Gasteiger partial charge in [0.2, 0.25) is 5.91 Å². The van der Waals surface area contributed by atoms with Crippen LogP contribution in [0.4, 0.5) is 0 Å². The molecule has 0 aromatic heterocycles. The third kappa shape index (κ3) is 6.88. The van der Waals surface area contributed by atoms with Crippen molar-refractivity contribution in [1.82, 2.24) is 5.48 Å². The number of unbranched alkanes of at least 4 members (excludes halogenated alkanes) is 2. The third-order valence-electron chi connectivity index (χ3n) is 1.19. The summed E-state index contributed by atoms with van der Waals surface area (Å²) in [4.78, 5) is 15.1. The second kappa shape index (κ2) is 7.10. The van der Waals surface area contributed by atoms with Crippen molar-refractivity contribution < 1.29 is 9.63 Å². The molecule has 0 aliphatic carbocycles. The lowest BCUT2D eigenvalue weighted by molar-refractivity contribution is -0.131. The van der Waals surface area contributed by atoms with E-state index in [1.165, 1.54) is 7.11 Å². The van der Waals surface area contributed by atoms with E-state index in [9.17, 15) is 4.79 Å². The predicted molar refractivity (Wildman–Crippen MR) is 42.5 cm³/mol. The molecule has 3 heteroatoms. The Morgan fingerprint density at radius 2 is 2.36 bits per heavy atom. The van der Waals surface area contributed by atoms with E-state index in [-0.39, 0.29) is 5.91 Å². The maximum absolute atomic E-state index is 10.7. The minimum Gasteiger partial charge on any atom is -0.277 e. The van der Waals surface area contributed by atoms with E-state index in [0.29, 0.717) is 6.42 Å². The molecule has 0 rings (SSSR count). The number of rotatable bonds is 5. The SMILES string of the molecule is C#CCCCCC(=O)NOC. The van der Waals surface area contributed by atoms with Crippen LogP contribution in [0.3, 0.4) is 0 Å². The van der Waals surface area contributed by atoms with Crippen LogP contribution in [0.25, 0.3) is 0 Å². The van der Waals surface area contributed by atoms with Gasteiger partial charge < -0.3 is 0 Å². The summed E-state index contributed by atoms with van der Waals surface area (Å²) in [6, 6.07) is 0. The highest BCUT2D eigenvalue weighted by Crippen LogP contribution is 1.97. The molecule has 0 bridgehead atoms. The highest BCUT2D eigenvalue weighted by atomic mass is 16.6. The second-order valence-corrected chi connectivity index (χ2v) is 2.14. The van der Waals surface area contributed by atoms with E-state index < -0.39 is 0 Å². The zero-order valence-electron chi connectivity index (χ0n) is 6.72. The number of hydrogen-bond acceptors (Lipinski definition) is 2. The van der Waals surface area contributed by atoms with Gasteiger partial charge in [0.1, 0.15) is 0 Å². The molecule has 3 nitrogen and oxygen atoms in total. The quantitative estimate of drug-likeness (QED) is 0.363. The molecular formula is C8H13NO2. The number of terminal acetylenes is 1. The highest BCUT2D eigenvalue weighted by molar-refractivity contribution is 5.74. The summed E-state index contributed by atoms with van der Waals surface area (Å²) >= 11 is 0. The first-order valence-electron chi connectivity index (χ1n) is 3.56. The van der Waals surface area contributed by atoms with Gasteiger partial charge in [0.05, 0.1) is 7.11 Å². The van der Waals surface area contributed by atoms with Gasteiger partial charge in [-0.15, -0.1) is 12.3 Å². The van der Waals surface area contributed by atoms with Gasteiger partial charge in [0.25, 0.3) is 0 Å². The number of hydrogen-bond donors (Lipinski definition) is 1. The van der Waals surface area contributed by atoms with Crippen molar-refractivity contribution in [3.8, 4) is 12.3 Å². The van der Waals surface area contributed by atoms with Crippen LogP contribution in [-0.4, -0.2) is 13.0 Å². The summed E-state index contributed by atoms with van der Waals surface area (Å²) in [6.45, 7) is 0. The Kier molecular flexibility index (Phi) is 6.45. The first-order valence-corrected chi connectivity index (χ1v) is 3.56. The van der Waals surface area contributed by atoms with E-state index in [2.05, 4.69) is 16.2 Å². The Bertz CT molecular complexity index is 149. The molecule has 1 amide bonds. The number of hydroxylamine groups is 1. The summed E-state index contributed by atoms with van der Waals surface area (Å²) in [7, 11) is 1.42. The standard InChI is InChI=1S/C8H13NO2/c1-3-4-5-6-7-8(10)9-11-2/h1H,4-7H2,2H3,(H,9,10). The molecule has 0 saturated carbocycles. The summed E-state index contributed by atoms with van der Waals surface area (Å²) in [5.74, 6) is 2.42. The first-order chi connectivity index (χ1) is 5.31. The zero-order chi connectivity index (χ0) is 8.53. The smallest absolute Gasteiger partial charge is 0.243 e. The average molecular weight is 155 g/mol. The maximum Gasteiger partial charge on any atom is 0.243 e. The molecule has 0 saturated heterocycles. The van der Waals surface area contributed by atoms with Gasteiger partial charge in [-0.3, -0.25) is 9.63 Å². The van der Waals surface area contributed by atoms with Crippen molar-refractivity contribution in [2.75, 3.05) is 7.11 Å². The van der Waals surface area contributed by atoms with Crippen LogP contribution in [0.1, 0.15) is 25.7 Å².